The predicted octanol–water partition coefficient (Wildman–Crippen LogP) is 2.27. The van der Waals surface area contributed by atoms with Gasteiger partial charge in [-0.1, -0.05) is 0 Å². The van der Waals surface area contributed by atoms with Crippen LogP contribution in [0, 0.1) is 0 Å². The summed E-state index contributed by atoms with van der Waals surface area (Å²) in [5.74, 6) is 0. The smallest absolute Gasteiger partial charge is 0.150 e. The zero-order valence-electron chi connectivity index (χ0n) is 8.49. The molecule has 14 heavy (non-hydrogen) atoms. The normalized spacial score (nSPS) is 15.1. The molecule has 0 aliphatic carbocycles. The maximum absolute atomic E-state index is 10.6. The maximum atomic E-state index is 10.6. The lowest BCUT2D eigenvalue weighted by Crippen LogP contribution is -2.28. The van der Waals surface area contributed by atoms with Crippen molar-refractivity contribution in [3.63, 3.8) is 0 Å². The van der Waals surface area contributed by atoms with E-state index < -0.39 is 0 Å². The van der Waals surface area contributed by atoms with Crippen LogP contribution in [0.25, 0.3) is 0 Å². The Bertz CT molecular complexity index is 346. The van der Waals surface area contributed by atoms with Crippen molar-refractivity contribution in [3.8, 4) is 0 Å². The topological polar surface area (TPSA) is 20.3 Å². The molecule has 0 spiro atoms. The number of hydrogen-bond donors (Lipinski definition) is 0. The van der Waals surface area contributed by atoms with E-state index in [0.29, 0.717) is 0 Å². The van der Waals surface area contributed by atoms with Gasteiger partial charge in [0.2, 0.25) is 0 Å². The molecule has 0 bridgehead atoms. The van der Waals surface area contributed by atoms with E-state index in [-0.39, 0.29) is 0 Å². The van der Waals surface area contributed by atoms with Crippen LogP contribution in [0.3, 0.4) is 0 Å². The molecule has 1 aliphatic heterocycles. The Hall–Kier alpha value is -1.31. The highest BCUT2D eigenvalue weighted by atomic mass is 16.1. The molecule has 1 aromatic carbocycles. The number of benzene rings is 1. The second-order valence-corrected chi connectivity index (χ2v) is 3.69. The Morgan fingerprint density at radius 3 is 3.07 bits per heavy atom. The van der Waals surface area contributed by atoms with Gasteiger partial charge in [0.25, 0.3) is 0 Å². The molecule has 0 amide bonds. The minimum atomic E-state index is 0.793. The van der Waals surface area contributed by atoms with Crippen molar-refractivity contribution in [2.24, 2.45) is 0 Å². The molecule has 0 fully saturated rings. The lowest BCUT2D eigenvalue weighted by atomic mass is 9.99. The number of carbonyl (C=O) groups excluding carboxylic acids is 1. The molecule has 1 aliphatic rings. The van der Waals surface area contributed by atoms with Crippen LogP contribution in [0.1, 0.15) is 29.3 Å². The van der Waals surface area contributed by atoms with E-state index in [2.05, 4.69) is 17.9 Å². The molecule has 74 valence electrons. The molecule has 0 saturated heterocycles. The number of rotatable bonds is 2. The lowest BCUT2D eigenvalue weighted by Gasteiger charge is -2.30. The number of aldehydes is 1. The quantitative estimate of drug-likeness (QED) is 0.665. The highest BCUT2D eigenvalue weighted by molar-refractivity contribution is 5.77. The number of carbonyl (C=O) groups is 1. The largest absolute Gasteiger partial charge is 0.372 e. The average Bonchev–Trinajstić information content (AvgIpc) is 2.27. The van der Waals surface area contributed by atoms with Crippen molar-refractivity contribution in [1.82, 2.24) is 0 Å². The van der Waals surface area contributed by atoms with Crippen LogP contribution in [-0.2, 0) is 6.42 Å². The van der Waals surface area contributed by atoms with Gasteiger partial charge in [0, 0.05) is 24.3 Å². The zero-order chi connectivity index (χ0) is 9.97. The minimum Gasteiger partial charge on any atom is -0.372 e. The minimum absolute atomic E-state index is 0.793. The summed E-state index contributed by atoms with van der Waals surface area (Å²) in [5, 5.41) is 0. The van der Waals surface area contributed by atoms with Gasteiger partial charge >= 0.3 is 0 Å². The van der Waals surface area contributed by atoms with Crippen molar-refractivity contribution in [1.29, 1.82) is 0 Å². The number of aryl methyl sites for hydroxylation is 1. The van der Waals surface area contributed by atoms with Gasteiger partial charge in [-0.2, -0.15) is 0 Å². The first kappa shape index (κ1) is 9.25. The monoisotopic (exact) mass is 189 g/mol. The van der Waals surface area contributed by atoms with E-state index in [9.17, 15) is 4.79 Å². The van der Waals surface area contributed by atoms with Crippen LogP contribution >= 0.6 is 0 Å². The fraction of sp³-hybridized carbons (Fsp3) is 0.417. The van der Waals surface area contributed by atoms with E-state index in [0.717, 1.165) is 31.4 Å². The first-order valence-electron chi connectivity index (χ1n) is 5.18. The van der Waals surface area contributed by atoms with Crippen LogP contribution in [0.15, 0.2) is 18.2 Å². The Labute approximate surface area is 84.5 Å². The van der Waals surface area contributed by atoms with Crippen LogP contribution in [-0.4, -0.2) is 19.4 Å². The Kier molecular flexibility index (Phi) is 2.53. The number of anilines is 1. The van der Waals surface area contributed by atoms with Gasteiger partial charge in [0.05, 0.1) is 0 Å². The van der Waals surface area contributed by atoms with Crippen LogP contribution < -0.4 is 4.90 Å². The molecular formula is C12H15NO. The molecule has 2 heteroatoms. The Balaban J connectivity index is 2.40. The number of nitrogens with zero attached hydrogens (tertiary/aromatic N) is 1. The first-order chi connectivity index (χ1) is 6.85. The van der Waals surface area contributed by atoms with Gasteiger partial charge in [-0.25, -0.2) is 0 Å². The number of hydrogen-bond acceptors (Lipinski definition) is 2. The summed E-state index contributed by atoms with van der Waals surface area (Å²) in [6.45, 7) is 4.36. The number of fused-ring (bicyclic) bond motifs is 1. The van der Waals surface area contributed by atoms with Gasteiger partial charge in [0.1, 0.15) is 6.29 Å². The van der Waals surface area contributed by atoms with E-state index in [1.807, 2.05) is 12.1 Å². The van der Waals surface area contributed by atoms with E-state index in [1.54, 1.807) is 0 Å². The maximum Gasteiger partial charge on any atom is 0.150 e. The highest BCUT2D eigenvalue weighted by Gasteiger charge is 2.14. The molecule has 1 heterocycles. The van der Waals surface area contributed by atoms with Crippen molar-refractivity contribution in [2.75, 3.05) is 18.0 Å². The summed E-state index contributed by atoms with van der Waals surface area (Å²) in [4.78, 5) is 13.0. The average molecular weight is 189 g/mol. The molecule has 0 radical (unpaired) electrons. The van der Waals surface area contributed by atoms with Crippen molar-refractivity contribution in [3.05, 3.63) is 29.3 Å². The first-order valence-corrected chi connectivity index (χ1v) is 5.18. The Morgan fingerprint density at radius 2 is 2.36 bits per heavy atom. The van der Waals surface area contributed by atoms with Crippen LogP contribution in [0.2, 0.25) is 0 Å². The molecule has 0 N–H and O–H groups in total. The standard InChI is InChI=1S/C12H15NO/c1-2-13-7-3-4-11-8-10(9-14)5-6-12(11)13/h5-6,8-9H,2-4,7H2,1H3. The summed E-state index contributed by atoms with van der Waals surface area (Å²) in [6.07, 6.45) is 3.22. The molecule has 2 rings (SSSR count). The summed E-state index contributed by atoms with van der Waals surface area (Å²) >= 11 is 0. The van der Waals surface area contributed by atoms with Crippen molar-refractivity contribution < 1.29 is 4.79 Å². The van der Waals surface area contributed by atoms with Crippen LogP contribution in [0.5, 0.6) is 0 Å². The van der Waals surface area contributed by atoms with E-state index in [1.165, 1.54) is 17.7 Å². The van der Waals surface area contributed by atoms with E-state index in [4.69, 9.17) is 0 Å². The van der Waals surface area contributed by atoms with Gasteiger partial charge in [-0.3, -0.25) is 4.79 Å². The molecule has 0 unspecified atom stereocenters. The van der Waals surface area contributed by atoms with Crippen LogP contribution in [0.4, 0.5) is 5.69 Å². The molecule has 0 atom stereocenters. The molecule has 0 aromatic heterocycles. The molecule has 0 saturated carbocycles. The zero-order valence-corrected chi connectivity index (χ0v) is 8.49. The predicted molar refractivity (Wildman–Crippen MR) is 58.0 cm³/mol. The lowest BCUT2D eigenvalue weighted by molar-refractivity contribution is 0.112. The fourth-order valence-corrected chi connectivity index (χ4v) is 2.10. The third-order valence-corrected chi connectivity index (χ3v) is 2.84. The molecule has 2 nitrogen and oxygen atoms in total. The second-order valence-electron chi connectivity index (χ2n) is 3.69. The fourth-order valence-electron chi connectivity index (χ4n) is 2.10. The van der Waals surface area contributed by atoms with Crippen molar-refractivity contribution in [2.45, 2.75) is 19.8 Å². The van der Waals surface area contributed by atoms with Gasteiger partial charge in [0.15, 0.2) is 0 Å². The summed E-state index contributed by atoms with van der Waals surface area (Å²) in [7, 11) is 0. The van der Waals surface area contributed by atoms with Gasteiger partial charge in [-0.15, -0.1) is 0 Å². The summed E-state index contributed by atoms with van der Waals surface area (Å²) in [5.41, 5.74) is 3.42. The third kappa shape index (κ3) is 1.52. The van der Waals surface area contributed by atoms with Gasteiger partial charge in [-0.05, 0) is 43.5 Å². The highest BCUT2D eigenvalue weighted by Crippen LogP contribution is 2.27. The molecule has 1 aromatic rings. The van der Waals surface area contributed by atoms with Gasteiger partial charge < -0.3 is 4.90 Å². The Morgan fingerprint density at radius 1 is 1.50 bits per heavy atom. The SMILES string of the molecule is CCN1CCCc2cc(C=O)ccc21. The third-order valence-electron chi connectivity index (χ3n) is 2.84. The second kappa shape index (κ2) is 3.82. The van der Waals surface area contributed by atoms with Crippen molar-refractivity contribution >= 4 is 12.0 Å². The van der Waals surface area contributed by atoms with E-state index >= 15 is 0 Å². The molecular weight excluding hydrogens is 174 g/mol. The summed E-state index contributed by atoms with van der Waals surface area (Å²) < 4.78 is 0. The summed E-state index contributed by atoms with van der Waals surface area (Å²) in [6, 6.07) is 5.99.